The number of aryl methyl sites for hydroxylation is 2. The van der Waals surface area contributed by atoms with E-state index in [2.05, 4.69) is 9.88 Å². The van der Waals surface area contributed by atoms with Crippen LogP contribution in [0.15, 0.2) is 54.1 Å². The average Bonchev–Trinajstić information content (AvgIpc) is 3.31. The second-order valence-corrected chi connectivity index (χ2v) is 7.19. The van der Waals surface area contributed by atoms with Crippen LogP contribution in [0.4, 0.5) is 5.69 Å². The maximum absolute atomic E-state index is 12.6. The van der Waals surface area contributed by atoms with Gasteiger partial charge in [0.25, 0.3) is 5.91 Å². The fourth-order valence-electron chi connectivity index (χ4n) is 3.49. The predicted octanol–water partition coefficient (Wildman–Crippen LogP) is 4.68. The first-order chi connectivity index (χ1) is 14.5. The standard InChI is InChI=1S/C24H21N3O3/c1-15-4-6-20(7-5-15)26-24(28)19(13-25)11-18-10-16(2)27(17(18)3)21-8-9-22-23(12-21)30-14-29-22/h4-12H,14H2,1-3H3,(H,26,28). The number of ether oxygens (including phenoxy) is 2. The van der Waals surface area contributed by atoms with Crippen LogP contribution in [-0.4, -0.2) is 17.3 Å². The molecule has 3 aromatic rings. The van der Waals surface area contributed by atoms with Crippen LogP contribution in [0.25, 0.3) is 11.8 Å². The lowest BCUT2D eigenvalue weighted by Gasteiger charge is -2.10. The quantitative estimate of drug-likeness (QED) is 0.511. The number of anilines is 1. The van der Waals surface area contributed by atoms with Crippen LogP contribution in [0.1, 0.15) is 22.5 Å². The molecule has 0 spiro atoms. The molecule has 1 aliphatic rings. The normalized spacial score (nSPS) is 12.5. The second-order valence-electron chi connectivity index (χ2n) is 7.19. The van der Waals surface area contributed by atoms with Crippen molar-refractivity contribution in [2.45, 2.75) is 20.8 Å². The van der Waals surface area contributed by atoms with E-state index in [1.165, 1.54) is 0 Å². The Kier molecular flexibility index (Phi) is 5.03. The Hall–Kier alpha value is -3.98. The summed E-state index contributed by atoms with van der Waals surface area (Å²) in [5.74, 6) is 0.988. The van der Waals surface area contributed by atoms with E-state index in [0.717, 1.165) is 34.0 Å². The molecule has 0 bridgehead atoms. The monoisotopic (exact) mass is 399 g/mol. The van der Waals surface area contributed by atoms with E-state index in [9.17, 15) is 10.1 Å². The van der Waals surface area contributed by atoms with Crippen LogP contribution >= 0.6 is 0 Å². The number of carbonyl (C=O) groups is 1. The number of hydrogen-bond acceptors (Lipinski definition) is 4. The van der Waals surface area contributed by atoms with Gasteiger partial charge in [-0.3, -0.25) is 4.79 Å². The van der Waals surface area contributed by atoms with Crippen LogP contribution in [0.2, 0.25) is 0 Å². The summed E-state index contributed by atoms with van der Waals surface area (Å²) in [6.07, 6.45) is 1.62. The second kappa shape index (κ2) is 7.80. The summed E-state index contributed by atoms with van der Waals surface area (Å²) in [4.78, 5) is 12.6. The van der Waals surface area contributed by atoms with Crippen molar-refractivity contribution < 1.29 is 14.3 Å². The van der Waals surface area contributed by atoms with Crippen LogP contribution in [0, 0.1) is 32.1 Å². The van der Waals surface area contributed by atoms with E-state index >= 15 is 0 Å². The lowest BCUT2D eigenvalue weighted by atomic mass is 10.1. The van der Waals surface area contributed by atoms with Gasteiger partial charge in [0.05, 0.1) is 0 Å². The highest BCUT2D eigenvalue weighted by Gasteiger charge is 2.17. The number of amides is 1. The topological polar surface area (TPSA) is 76.3 Å². The van der Waals surface area contributed by atoms with Crippen LogP contribution in [0.3, 0.4) is 0 Å². The number of fused-ring (bicyclic) bond motifs is 1. The molecule has 0 radical (unpaired) electrons. The van der Waals surface area contributed by atoms with Crippen molar-refractivity contribution in [1.29, 1.82) is 5.26 Å². The largest absolute Gasteiger partial charge is 0.454 e. The third-order valence-electron chi connectivity index (χ3n) is 5.06. The molecule has 150 valence electrons. The summed E-state index contributed by atoms with van der Waals surface area (Å²) in [5.41, 5.74) is 5.42. The van der Waals surface area contributed by atoms with E-state index in [4.69, 9.17) is 9.47 Å². The summed E-state index contributed by atoms with van der Waals surface area (Å²) in [5, 5.41) is 12.3. The molecule has 2 aromatic carbocycles. The Bertz CT molecular complexity index is 1200. The molecule has 0 aliphatic carbocycles. The van der Waals surface area contributed by atoms with E-state index < -0.39 is 5.91 Å². The van der Waals surface area contributed by atoms with Gasteiger partial charge in [-0.1, -0.05) is 17.7 Å². The average molecular weight is 399 g/mol. The summed E-state index contributed by atoms with van der Waals surface area (Å²) in [7, 11) is 0. The predicted molar refractivity (Wildman–Crippen MR) is 115 cm³/mol. The minimum atomic E-state index is -0.436. The van der Waals surface area contributed by atoms with Gasteiger partial charge in [0.1, 0.15) is 11.6 Å². The Morgan fingerprint density at radius 1 is 1.07 bits per heavy atom. The Labute approximate surface area is 175 Å². The zero-order valence-electron chi connectivity index (χ0n) is 17.0. The smallest absolute Gasteiger partial charge is 0.266 e. The first-order valence-corrected chi connectivity index (χ1v) is 9.55. The molecule has 0 unspecified atom stereocenters. The fourth-order valence-corrected chi connectivity index (χ4v) is 3.49. The molecule has 1 aromatic heterocycles. The number of rotatable bonds is 4. The molecule has 0 atom stereocenters. The first-order valence-electron chi connectivity index (χ1n) is 9.55. The molecule has 0 saturated heterocycles. The number of nitrogens with one attached hydrogen (secondary N) is 1. The van der Waals surface area contributed by atoms with Crippen LogP contribution in [0.5, 0.6) is 11.5 Å². The zero-order valence-corrected chi connectivity index (χ0v) is 17.0. The summed E-state index contributed by atoms with van der Waals surface area (Å²) in [6, 6.07) is 17.2. The Balaban J connectivity index is 1.64. The van der Waals surface area contributed by atoms with Crippen molar-refractivity contribution in [3.63, 3.8) is 0 Å². The minimum absolute atomic E-state index is 0.0431. The maximum Gasteiger partial charge on any atom is 0.266 e. The van der Waals surface area contributed by atoms with Gasteiger partial charge in [-0.05, 0) is 62.7 Å². The van der Waals surface area contributed by atoms with E-state index in [1.807, 2.05) is 75.4 Å². The van der Waals surface area contributed by atoms with Gasteiger partial charge < -0.3 is 19.4 Å². The van der Waals surface area contributed by atoms with Gasteiger partial charge in [0.2, 0.25) is 6.79 Å². The highest BCUT2D eigenvalue weighted by molar-refractivity contribution is 6.09. The Morgan fingerprint density at radius 3 is 2.53 bits per heavy atom. The molecule has 30 heavy (non-hydrogen) atoms. The third kappa shape index (κ3) is 3.65. The lowest BCUT2D eigenvalue weighted by Crippen LogP contribution is -2.13. The molecular weight excluding hydrogens is 378 g/mol. The van der Waals surface area contributed by atoms with Crippen LogP contribution in [-0.2, 0) is 4.79 Å². The van der Waals surface area contributed by atoms with Crippen molar-refractivity contribution in [3.8, 4) is 23.3 Å². The van der Waals surface area contributed by atoms with Crippen molar-refractivity contribution in [2.75, 3.05) is 12.1 Å². The minimum Gasteiger partial charge on any atom is -0.454 e. The number of benzene rings is 2. The zero-order chi connectivity index (χ0) is 21.3. The molecule has 2 heterocycles. The van der Waals surface area contributed by atoms with Gasteiger partial charge in [-0.2, -0.15) is 5.26 Å². The summed E-state index contributed by atoms with van der Waals surface area (Å²) in [6.45, 7) is 6.13. The highest BCUT2D eigenvalue weighted by atomic mass is 16.7. The van der Waals surface area contributed by atoms with Gasteiger partial charge in [-0.15, -0.1) is 0 Å². The molecule has 1 aliphatic heterocycles. The first kappa shape index (κ1) is 19.3. The van der Waals surface area contributed by atoms with Gasteiger partial charge in [-0.25, -0.2) is 0 Å². The molecule has 1 amide bonds. The maximum atomic E-state index is 12.6. The lowest BCUT2D eigenvalue weighted by molar-refractivity contribution is -0.112. The Morgan fingerprint density at radius 2 is 1.80 bits per heavy atom. The molecule has 0 saturated carbocycles. The van der Waals surface area contributed by atoms with Crippen molar-refractivity contribution >= 4 is 17.7 Å². The number of nitrogens with zero attached hydrogens (tertiary/aromatic N) is 2. The third-order valence-corrected chi connectivity index (χ3v) is 5.06. The molecule has 0 fully saturated rings. The molecular formula is C24H21N3O3. The van der Waals surface area contributed by atoms with Gasteiger partial charge in [0, 0.05) is 28.8 Å². The number of hydrogen-bond donors (Lipinski definition) is 1. The fraction of sp³-hybridized carbons (Fsp3) is 0.167. The van der Waals surface area contributed by atoms with E-state index in [-0.39, 0.29) is 12.4 Å². The van der Waals surface area contributed by atoms with Crippen molar-refractivity contribution in [3.05, 3.63) is 76.6 Å². The number of aromatic nitrogens is 1. The van der Waals surface area contributed by atoms with Crippen molar-refractivity contribution in [1.82, 2.24) is 4.57 Å². The van der Waals surface area contributed by atoms with Gasteiger partial charge in [0.15, 0.2) is 11.5 Å². The molecule has 6 heteroatoms. The summed E-state index contributed by atoms with van der Waals surface area (Å²) >= 11 is 0. The highest BCUT2D eigenvalue weighted by Crippen LogP contribution is 2.35. The summed E-state index contributed by atoms with van der Waals surface area (Å²) < 4.78 is 12.9. The van der Waals surface area contributed by atoms with E-state index in [0.29, 0.717) is 11.4 Å². The van der Waals surface area contributed by atoms with Crippen LogP contribution < -0.4 is 14.8 Å². The van der Waals surface area contributed by atoms with Crippen molar-refractivity contribution in [2.24, 2.45) is 0 Å². The number of carbonyl (C=O) groups excluding carboxylic acids is 1. The molecule has 1 N–H and O–H groups in total. The van der Waals surface area contributed by atoms with Gasteiger partial charge >= 0.3 is 0 Å². The SMILES string of the molecule is Cc1ccc(NC(=O)C(C#N)=Cc2cc(C)n(-c3ccc4c(c3)OCO4)c2C)cc1. The molecule has 4 rings (SSSR count). The van der Waals surface area contributed by atoms with E-state index in [1.54, 1.807) is 6.08 Å². The number of nitriles is 1. The molecule has 6 nitrogen and oxygen atoms in total.